The van der Waals surface area contributed by atoms with E-state index in [4.69, 9.17) is 17.5 Å². The average Bonchev–Trinajstić information content (AvgIpc) is 0.722. The molecule has 0 fully saturated rings. The van der Waals surface area contributed by atoms with Crippen molar-refractivity contribution in [2.45, 2.75) is 0 Å². The molecule has 0 bridgehead atoms. The third-order valence-corrected chi connectivity index (χ3v) is 0. The molecule has 116 valence electrons. The van der Waals surface area contributed by atoms with Crippen LogP contribution < -0.4 is 0 Å². The van der Waals surface area contributed by atoms with Crippen molar-refractivity contribution in [1.82, 2.24) is 0 Å². The molecule has 15 heteroatoms. The quantitative estimate of drug-likeness (QED) is 0.213. The van der Waals surface area contributed by atoms with Crippen LogP contribution in [0.25, 0.3) is 0 Å². The minimum absolute atomic E-state index is 0. The summed E-state index contributed by atoms with van der Waals surface area (Å²) >= 11 is 0. The summed E-state index contributed by atoms with van der Waals surface area (Å²) in [5, 5.41) is 0. The van der Waals surface area contributed by atoms with Gasteiger partial charge in [0, 0.05) is 10.4 Å². The van der Waals surface area contributed by atoms with Crippen molar-refractivity contribution in [2.75, 3.05) is 0 Å². The summed E-state index contributed by atoms with van der Waals surface area (Å²) in [6.45, 7) is 0. The molecule has 0 aliphatic rings. The van der Waals surface area contributed by atoms with Crippen LogP contribution in [0, 0.1) is 0 Å². The molecular weight excluding hydrogens is 446 g/mol. The minimum atomic E-state index is -5.17. The van der Waals surface area contributed by atoms with Gasteiger partial charge in [-0.1, -0.05) is 0 Å². The smallest absolute Gasteiger partial charge is 0.870 e. The van der Waals surface area contributed by atoms with Gasteiger partial charge in [-0.25, -0.2) is 0 Å². The van der Waals surface area contributed by atoms with Crippen LogP contribution in [0.15, 0.2) is 0 Å². The van der Waals surface area contributed by atoms with Gasteiger partial charge < -0.3 is 42.0 Å². The Morgan fingerprint density at radius 1 is 0.533 bits per heavy atom. The second-order valence-corrected chi connectivity index (χ2v) is 1.22. The molecule has 0 saturated carbocycles. The summed E-state index contributed by atoms with van der Waals surface area (Å²) in [6.07, 6.45) is 0. The summed E-state index contributed by atoms with van der Waals surface area (Å²) in [5.74, 6) is 0. The monoisotopic (exact) mass is 450 g/mol. The molecule has 6 N–H and O–H groups in total. The van der Waals surface area contributed by atoms with E-state index in [0.717, 1.165) is 0 Å². The van der Waals surface area contributed by atoms with Crippen molar-refractivity contribution in [3.05, 3.63) is 0 Å². The summed E-state index contributed by atoms with van der Waals surface area (Å²) in [7, 11) is -5.17. The van der Waals surface area contributed by atoms with E-state index in [9.17, 15) is 0 Å². The zero-order valence-electron chi connectivity index (χ0n) is 5.93. The first-order valence-electron chi connectivity index (χ1n) is 0.667. The largest absolute Gasteiger partial charge is 2.00 e. The zero-order valence-corrected chi connectivity index (χ0v) is 10.5. The van der Waals surface area contributed by atoms with Gasteiger partial charge in [-0.2, -0.15) is 0 Å². The van der Waals surface area contributed by atoms with Crippen molar-refractivity contribution in [2.24, 2.45) is 0 Å². The molecule has 4 radical (unpaired) electrons. The van der Waals surface area contributed by atoms with Crippen molar-refractivity contribution in [3.8, 4) is 0 Å². The maximum Gasteiger partial charge on any atom is 2.00 e. The zero-order chi connectivity index (χ0) is 4.50. The van der Waals surface area contributed by atoms with E-state index in [1.54, 1.807) is 0 Å². The molecule has 0 spiro atoms. The van der Waals surface area contributed by atoms with Gasteiger partial charge in [0.25, 0.3) is 0 Å². The fraction of sp³-hybridized carbons (Fsp3) is 0. The molecule has 10 nitrogen and oxygen atoms in total. The van der Waals surface area contributed by atoms with Gasteiger partial charge in [-0.05, 0) is 0 Å². The van der Waals surface area contributed by atoms with Gasteiger partial charge in [0.1, 0.15) is 0 Å². The molecule has 0 aliphatic heterocycles. The normalized spacial score (nSPS) is 3.87. The first-order valence-corrected chi connectivity index (χ1v) is 2.00. The van der Waals surface area contributed by atoms with Crippen LogP contribution in [0.5, 0.6) is 0 Å². The van der Waals surface area contributed by atoms with Crippen LogP contribution in [0.4, 0.5) is 0 Å². The second-order valence-electron chi connectivity index (χ2n) is 0.408. The molecule has 0 rings (SSSR count). The number of rotatable bonds is 0. The van der Waals surface area contributed by atoms with E-state index < -0.39 is 10.4 Å². The molecule has 0 aromatic heterocycles. The topological polar surface area (TPSA) is 260 Å². The molecular formula is H6Cu4O10S. The fourth-order valence-corrected chi connectivity index (χ4v) is 0. The van der Waals surface area contributed by atoms with E-state index in [1.165, 1.54) is 0 Å². The average molecular weight is 452 g/mol. The SMILES string of the molecule is O=S(=O)([O-])[O-].[Cu+2].[Cu+2].[Cu+2].[Cu+2].[OH-].[OH-].[OH-].[OH-].[OH-].[OH-]. The fourth-order valence-electron chi connectivity index (χ4n) is 0. The molecule has 0 unspecified atom stereocenters. The molecule has 0 atom stereocenters. The van der Waals surface area contributed by atoms with E-state index in [0.29, 0.717) is 0 Å². The van der Waals surface area contributed by atoms with E-state index in [-0.39, 0.29) is 101 Å². The van der Waals surface area contributed by atoms with Gasteiger partial charge in [-0.15, -0.1) is 0 Å². The Hall–Kier alpha value is 1.71. The van der Waals surface area contributed by atoms with Gasteiger partial charge >= 0.3 is 68.3 Å². The first-order chi connectivity index (χ1) is 2.00. The van der Waals surface area contributed by atoms with Crippen LogP contribution >= 0.6 is 0 Å². The van der Waals surface area contributed by atoms with Gasteiger partial charge in [0.05, 0.1) is 0 Å². The van der Waals surface area contributed by atoms with Gasteiger partial charge in [0.2, 0.25) is 0 Å². The maximum absolute atomic E-state index is 8.52. The van der Waals surface area contributed by atoms with Gasteiger partial charge in [0.15, 0.2) is 0 Å². The van der Waals surface area contributed by atoms with Crippen molar-refractivity contribution >= 4 is 10.4 Å². The van der Waals surface area contributed by atoms with Gasteiger partial charge in [-0.3, -0.25) is 8.42 Å². The third kappa shape index (κ3) is 1010. The number of hydrogen-bond acceptors (Lipinski definition) is 10. The summed E-state index contributed by atoms with van der Waals surface area (Å²) in [4.78, 5) is 0. The summed E-state index contributed by atoms with van der Waals surface area (Å²) < 4.78 is 34.1. The molecule has 0 saturated heterocycles. The van der Waals surface area contributed by atoms with E-state index >= 15 is 0 Å². The van der Waals surface area contributed by atoms with Crippen molar-refractivity contribution < 1.29 is 119 Å². The molecule has 0 aromatic carbocycles. The Morgan fingerprint density at radius 2 is 0.533 bits per heavy atom. The van der Waals surface area contributed by atoms with Crippen LogP contribution in [-0.4, -0.2) is 50.4 Å². The Morgan fingerprint density at radius 3 is 0.533 bits per heavy atom. The van der Waals surface area contributed by atoms with Crippen LogP contribution in [0.2, 0.25) is 0 Å². The van der Waals surface area contributed by atoms with Crippen molar-refractivity contribution in [3.63, 3.8) is 0 Å². The van der Waals surface area contributed by atoms with Crippen molar-refractivity contribution in [1.29, 1.82) is 0 Å². The molecule has 0 heterocycles. The first kappa shape index (κ1) is 127. The Labute approximate surface area is 128 Å². The molecule has 15 heavy (non-hydrogen) atoms. The predicted molar refractivity (Wildman–Crippen MR) is 22.1 cm³/mol. The molecule has 0 aromatic rings. The molecule has 0 aliphatic carbocycles. The molecule has 0 amide bonds. The minimum Gasteiger partial charge on any atom is -0.870 e. The van der Waals surface area contributed by atoms with E-state index in [1.807, 2.05) is 0 Å². The Balaban J connectivity index is -0.00000000178. The van der Waals surface area contributed by atoms with Crippen LogP contribution in [0.3, 0.4) is 0 Å². The summed E-state index contributed by atoms with van der Waals surface area (Å²) in [6, 6.07) is 0. The van der Waals surface area contributed by atoms with Crippen LogP contribution in [-0.2, 0) is 78.7 Å². The van der Waals surface area contributed by atoms with E-state index in [2.05, 4.69) is 0 Å². The second kappa shape index (κ2) is 57.2. The maximum atomic E-state index is 8.52. The third-order valence-electron chi connectivity index (χ3n) is 0. The Bertz CT molecular complexity index is 101. The van der Waals surface area contributed by atoms with Crippen LogP contribution in [0.1, 0.15) is 0 Å². The predicted octanol–water partition coefficient (Wildman–Crippen LogP) is -2.41. The Kier molecular flexibility index (Phi) is 482. The standard InChI is InChI=1S/4Cu.H2O4S.6H2O/c;;;;1-5(2,3)4;;;;;;/h;;;;(H2,1,2,3,4);6*1H2/q4*+2;;;;;;;/p-8. The number of hydrogen-bond donors (Lipinski definition) is 0. The summed E-state index contributed by atoms with van der Waals surface area (Å²) in [5.41, 5.74) is 0.